The Morgan fingerprint density at radius 2 is 2.24 bits per heavy atom. The van der Waals surface area contributed by atoms with Gasteiger partial charge in [0.05, 0.1) is 0 Å². The number of hydrogen-bond donors (Lipinski definition) is 1. The molecule has 0 bridgehead atoms. The monoisotopic (exact) mass is 252 g/mol. The lowest BCUT2D eigenvalue weighted by molar-refractivity contribution is 0.447. The largest absolute Gasteiger partial charge is 0.354 e. The van der Waals surface area contributed by atoms with Gasteiger partial charge in [-0.15, -0.1) is 0 Å². The van der Waals surface area contributed by atoms with E-state index in [1.54, 1.807) is 0 Å². The van der Waals surface area contributed by atoms with Gasteiger partial charge in [0.2, 0.25) is 0 Å². The van der Waals surface area contributed by atoms with Gasteiger partial charge in [-0.25, -0.2) is 0 Å². The fraction of sp³-hybridized carbons (Fsp3) is 0.714. The molecule has 0 amide bonds. The number of aryl methyl sites for hydroxylation is 1. The van der Waals surface area contributed by atoms with E-state index in [4.69, 9.17) is 0 Å². The van der Waals surface area contributed by atoms with Gasteiger partial charge >= 0.3 is 0 Å². The SMILES string of the molecule is CCCn1ccc(CNCC2CCSCC2)c1. The molecule has 3 heteroatoms. The zero-order chi connectivity index (χ0) is 11.9. The van der Waals surface area contributed by atoms with Gasteiger partial charge in [0.25, 0.3) is 0 Å². The van der Waals surface area contributed by atoms with Crippen LogP contribution in [0, 0.1) is 5.92 Å². The third-order valence-electron chi connectivity index (χ3n) is 3.40. The number of nitrogens with zero attached hydrogens (tertiary/aromatic N) is 1. The Labute approximate surface area is 109 Å². The molecule has 0 aromatic carbocycles. The highest BCUT2D eigenvalue weighted by molar-refractivity contribution is 7.99. The zero-order valence-corrected chi connectivity index (χ0v) is 11.6. The quantitative estimate of drug-likeness (QED) is 0.838. The summed E-state index contributed by atoms with van der Waals surface area (Å²) in [5.74, 6) is 3.63. The van der Waals surface area contributed by atoms with Gasteiger partial charge in [-0.1, -0.05) is 6.92 Å². The number of hydrogen-bond acceptors (Lipinski definition) is 2. The Morgan fingerprint density at radius 3 is 3.00 bits per heavy atom. The summed E-state index contributed by atoms with van der Waals surface area (Å²) < 4.78 is 2.29. The minimum atomic E-state index is 0.911. The van der Waals surface area contributed by atoms with Crippen molar-refractivity contribution in [3.05, 3.63) is 24.0 Å². The van der Waals surface area contributed by atoms with E-state index in [9.17, 15) is 0 Å². The van der Waals surface area contributed by atoms with Gasteiger partial charge in [0.1, 0.15) is 0 Å². The van der Waals surface area contributed by atoms with Gasteiger partial charge < -0.3 is 9.88 Å². The maximum atomic E-state index is 3.60. The summed E-state index contributed by atoms with van der Waals surface area (Å²) in [6, 6.07) is 2.24. The Morgan fingerprint density at radius 1 is 1.41 bits per heavy atom. The van der Waals surface area contributed by atoms with Crippen LogP contribution in [0.4, 0.5) is 0 Å². The molecule has 0 atom stereocenters. The molecule has 1 aliphatic heterocycles. The molecule has 0 radical (unpaired) electrons. The second kappa shape index (κ2) is 7.12. The van der Waals surface area contributed by atoms with Crippen LogP contribution < -0.4 is 5.32 Å². The maximum Gasteiger partial charge on any atom is 0.0220 e. The second-order valence-corrected chi connectivity index (χ2v) is 6.17. The first kappa shape index (κ1) is 13.0. The molecule has 96 valence electrons. The highest BCUT2D eigenvalue weighted by Gasteiger charge is 2.12. The Bertz CT molecular complexity index is 316. The van der Waals surface area contributed by atoms with Crippen molar-refractivity contribution in [2.45, 2.75) is 39.3 Å². The third-order valence-corrected chi connectivity index (χ3v) is 4.45. The Balaban J connectivity index is 1.66. The van der Waals surface area contributed by atoms with Gasteiger partial charge in [0.15, 0.2) is 0 Å². The summed E-state index contributed by atoms with van der Waals surface area (Å²) >= 11 is 2.11. The first-order chi connectivity index (χ1) is 8.38. The molecule has 1 fully saturated rings. The second-order valence-electron chi connectivity index (χ2n) is 4.94. The van der Waals surface area contributed by atoms with Crippen LogP contribution in [0.15, 0.2) is 18.5 Å². The number of thioether (sulfide) groups is 1. The fourth-order valence-corrected chi connectivity index (χ4v) is 3.57. The highest BCUT2D eigenvalue weighted by atomic mass is 32.2. The predicted molar refractivity (Wildman–Crippen MR) is 76.5 cm³/mol. The Hall–Kier alpha value is -0.410. The average molecular weight is 252 g/mol. The molecule has 1 aliphatic rings. The molecule has 2 rings (SSSR count). The third kappa shape index (κ3) is 4.40. The van der Waals surface area contributed by atoms with Crippen molar-refractivity contribution >= 4 is 11.8 Å². The lowest BCUT2D eigenvalue weighted by atomic mass is 10.0. The number of nitrogens with one attached hydrogen (secondary N) is 1. The maximum absolute atomic E-state index is 3.60. The van der Waals surface area contributed by atoms with Crippen molar-refractivity contribution in [3.8, 4) is 0 Å². The van der Waals surface area contributed by atoms with Crippen LogP contribution in [0.1, 0.15) is 31.7 Å². The zero-order valence-electron chi connectivity index (χ0n) is 10.8. The van der Waals surface area contributed by atoms with Gasteiger partial charge in [-0.2, -0.15) is 11.8 Å². The molecule has 0 aliphatic carbocycles. The normalized spacial score (nSPS) is 17.5. The van der Waals surface area contributed by atoms with Crippen LogP contribution in [0.2, 0.25) is 0 Å². The minimum Gasteiger partial charge on any atom is -0.354 e. The van der Waals surface area contributed by atoms with E-state index < -0.39 is 0 Å². The molecule has 17 heavy (non-hydrogen) atoms. The van der Waals surface area contributed by atoms with Crippen LogP contribution in [-0.2, 0) is 13.1 Å². The topological polar surface area (TPSA) is 17.0 Å². The molecule has 0 spiro atoms. The highest BCUT2D eigenvalue weighted by Crippen LogP contribution is 2.21. The van der Waals surface area contributed by atoms with Gasteiger partial charge in [-0.05, 0) is 54.9 Å². The molecule has 1 aromatic rings. The molecule has 1 N–H and O–H groups in total. The van der Waals surface area contributed by atoms with E-state index in [1.807, 2.05) is 0 Å². The van der Waals surface area contributed by atoms with Gasteiger partial charge in [-0.3, -0.25) is 0 Å². The predicted octanol–water partition coefficient (Wildman–Crippen LogP) is 3.13. The standard InChI is InChI=1S/C14H24N2S/c1-2-6-16-7-3-14(12-16)11-15-10-13-4-8-17-9-5-13/h3,7,12-13,15H,2,4-6,8-11H2,1H3. The van der Waals surface area contributed by atoms with Crippen molar-refractivity contribution in [3.63, 3.8) is 0 Å². The van der Waals surface area contributed by atoms with Crippen LogP contribution in [-0.4, -0.2) is 22.6 Å². The summed E-state index contributed by atoms with van der Waals surface area (Å²) in [4.78, 5) is 0. The first-order valence-electron chi connectivity index (χ1n) is 6.81. The minimum absolute atomic E-state index is 0.911. The summed E-state index contributed by atoms with van der Waals surface area (Å²) in [6.07, 6.45) is 8.47. The summed E-state index contributed by atoms with van der Waals surface area (Å²) in [5.41, 5.74) is 1.42. The average Bonchev–Trinajstić information content (AvgIpc) is 2.79. The number of aromatic nitrogens is 1. The lowest BCUT2D eigenvalue weighted by Gasteiger charge is -2.21. The van der Waals surface area contributed by atoms with Crippen LogP contribution >= 0.6 is 11.8 Å². The summed E-state index contributed by atoms with van der Waals surface area (Å²) in [5, 5.41) is 3.60. The molecule has 2 nitrogen and oxygen atoms in total. The van der Waals surface area contributed by atoms with E-state index >= 15 is 0 Å². The molecule has 0 saturated carbocycles. The van der Waals surface area contributed by atoms with Crippen LogP contribution in [0.3, 0.4) is 0 Å². The lowest BCUT2D eigenvalue weighted by Crippen LogP contribution is -2.25. The van der Waals surface area contributed by atoms with E-state index in [0.29, 0.717) is 0 Å². The molecule has 1 aromatic heterocycles. The smallest absolute Gasteiger partial charge is 0.0220 e. The molecule has 0 unspecified atom stereocenters. The van der Waals surface area contributed by atoms with Crippen LogP contribution in [0.25, 0.3) is 0 Å². The Kier molecular flexibility index (Phi) is 5.46. The van der Waals surface area contributed by atoms with Gasteiger partial charge in [0, 0.05) is 25.5 Å². The number of rotatable bonds is 6. The summed E-state index contributed by atoms with van der Waals surface area (Å²) in [7, 11) is 0. The van der Waals surface area contributed by atoms with Crippen molar-refractivity contribution in [1.29, 1.82) is 0 Å². The van der Waals surface area contributed by atoms with E-state index in [1.165, 1.54) is 42.9 Å². The van der Waals surface area contributed by atoms with Crippen LogP contribution in [0.5, 0.6) is 0 Å². The summed E-state index contributed by atoms with van der Waals surface area (Å²) in [6.45, 7) is 5.58. The fourth-order valence-electron chi connectivity index (χ4n) is 2.36. The molecule has 1 saturated heterocycles. The molecular formula is C14H24N2S. The molecular weight excluding hydrogens is 228 g/mol. The van der Waals surface area contributed by atoms with Crippen molar-refractivity contribution in [2.75, 3.05) is 18.1 Å². The first-order valence-corrected chi connectivity index (χ1v) is 7.97. The van der Waals surface area contributed by atoms with E-state index in [0.717, 1.165) is 19.0 Å². The van der Waals surface area contributed by atoms with Crippen molar-refractivity contribution in [1.82, 2.24) is 9.88 Å². The molecule has 2 heterocycles. The van der Waals surface area contributed by atoms with E-state index in [2.05, 4.69) is 47.0 Å². The van der Waals surface area contributed by atoms with E-state index in [-0.39, 0.29) is 0 Å². The van der Waals surface area contributed by atoms with Crippen molar-refractivity contribution < 1.29 is 0 Å². The van der Waals surface area contributed by atoms with Crippen molar-refractivity contribution in [2.24, 2.45) is 5.92 Å².